The predicted molar refractivity (Wildman–Crippen MR) is 44.5 cm³/mol. The zero-order valence-corrected chi connectivity index (χ0v) is 7.04. The normalized spacial score (nSPS) is 8.55. The summed E-state index contributed by atoms with van der Waals surface area (Å²) in [6.45, 7) is 1.38. The average molecular weight is 157 g/mol. The van der Waals surface area contributed by atoms with E-state index in [1.807, 2.05) is 24.5 Å². The number of aromatic amines is 1. The first-order chi connectivity index (χ1) is 5.41. The van der Waals surface area contributed by atoms with Crippen LogP contribution in [0.25, 0.3) is 0 Å². The van der Waals surface area contributed by atoms with Crippen molar-refractivity contribution >= 4 is 0 Å². The summed E-state index contributed by atoms with van der Waals surface area (Å²) < 4.78 is 9.31. The molecule has 64 valence electrons. The van der Waals surface area contributed by atoms with Gasteiger partial charge in [0.15, 0.2) is 0 Å². The molecule has 3 heteroatoms. The van der Waals surface area contributed by atoms with E-state index in [0.29, 0.717) is 13.2 Å². The maximum atomic E-state index is 4.66. The maximum absolute atomic E-state index is 4.66. The van der Waals surface area contributed by atoms with Crippen molar-refractivity contribution in [1.82, 2.24) is 4.98 Å². The molecule has 1 aromatic rings. The maximum Gasteiger partial charge on any atom is 0.0696 e. The molecule has 0 aliphatic carbocycles. The van der Waals surface area contributed by atoms with Crippen LogP contribution in [0.5, 0.6) is 0 Å². The Labute approximate surface area is 67.3 Å². The molecule has 1 heterocycles. The quantitative estimate of drug-likeness (QED) is 0.671. The lowest BCUT2D eigenvalue weighted by Gasteiger charge is -1.91. The first kappa shape index (κ1) is 10.2. The van der Waals surface area contributed by atoms with Gasteiger partial charge in [-0.1, -0.05) is 0 Å². The minimum atomic E-state index is 0.691. The Bertz CT molecular complexity index is 107. The molecule has 3 nitrogen and oxygen atoms in total. The molecule has 0 amide bonds. The van der Waals surface area contributed by atoms with Crippen LogP contribution in [0.3, 0.4) is 0 Å². The molecular weight excluding hydrogens is 142 g/mol. The fraction of sp³-hybridized carbons (Fsp3) is 0.500. The predicted octanol–water partition coefficient (Wildman–Crippen LogP) is 1.29. The third-order valence-electron chi connectivity index (χ3n) is 0.988. The summed E-state index contributed by atoms with van der Waals surface area (Å²) in [5, 5.41) is 0. The van der Waals surface area contributed by atoms with E-state index in [2.05, 4.69) is 14.5 Å². The number of nitrogens with one attached hydrogen (secondary N) is 1. The van der Waals surface area contributed by atoms with Crippen molar-refractivity contribution in [2.24, 2.45) is 0 Å². The fourth-order valence-corrected chi connectivity index (χ4v) is 0.444. The topological polar surface area (TPSA) is 34.2 Å². The van der Waals surface area contributed by atoms with E-state index in [9.17, 15) is 0 Å². The molecule has 0 aliphatic heterocycles. The van der Waals surface area contributed by atoms with Crippen LogP contribution in [-0.4, -0.2) is 32.4 Å². The number of aromatic nitrogens is 1. The van der Waals surface area contributed by atoms with E-state index < -0.39 is 0 Å². The van der Waals surface area contributed by atoms with Crippen LogP contribution in [0.15, 0.2) is 24.5 Å². The van der Waals surface area contributed by atoms with Crippen molar-refractivity contribution in [3.8, 4) is 0 Å². The molecule has 0 atom stereocenters. The van der Waals surface area contributed by atoms with Crippen molar-refractivity contribution in [3.63, 3.8) is 0 Å². The monoisotopic (exact) mass is 157 g/mol. The van der Waals surface area contributed by atoms with Crippen LogP contribution < -0.4 is 0 Å². The third-order valence-corrected chi connectivity index (χ3v) is 0.988. The summed E-state index contributed by atoms with van der Waals surface area (Å²) in [4.78, 5) is 2.86. The van der Waals surface area contributed by atoms with Crippen molar-refractivity contribution in [1.29, 1.82) is 0 Å². The van der Waals surface area contributed by atoms with Crippen LogP contribution in [0, 0.1) is 0 Å². The van der Waals surface area contributed by atoms with Gasteiger partial charge in [0.25, 0.3) is 0 Å². The lowest BCUT2D eigenvalue weighted by molar-refractivity contribution is 0.103. The van der Waals surface area contributed by atoms with Gasteiger partial charge in [-0.3, -0.25) is 0 Å². The van der Waals surface area contributed by atoms with E-state index >= 15 is 0 Å². The lowest BCUT2D eigenvalue weighted by atomic mass is 10.7. The Morgan fingerprint density at radius 1 is 1.00 bits per heavy atom. The molecule has 1 N–H and O–H groups in total. The molecule has 0 saturated carbocycles. The number of hydrogen-bond donors (Lipinski definition) is 1. The van der Waals surface area contributed by atoms with Crippen LogP contribution >= 0.6 is 0 Å². The number of H-pyrrole nitrogens is 1. The Hall–Kier alpha value is -0.800. The Balaban J connectivity index is 0.000000183. The Morgan fingerprint density at radius 3 is 1.64 bits per heavy atom. The van der Waals surface area contributed by atoms with E-state index in [4.69, 9.17) is 0 Å². The third kappa shape index (κ3) is 9.20. The van der Waals surface area contributed by atoms with Crippen LogP contribution in [0.2, 0.25) is 0 Å². The highest BCUT2D eigenvalue weighted by molar-refractivity contribution is 4.84. The molecule has 0 unspecified atom stereocenters. The minimum absolute atomic E-state index is 0.691. The summed E-state index contributed by atoms with van der Waals surface area (Å²) in [5.41, 5.74) is 0. The van der Waals surface area contributed by atoms with Gasteiger partial charge in [0, 0.05) is 26.6 Å². The standard InChI is InChI=1S/C4H5N.C4H10O2/c1-2-4-5-3-1;1-5-3-4-6-2/h1-5H;3-4H2,1-2H3. The SMILES string of the molecule is COCCOC.c1cc[nH]c1. The van der Waals surface area contributed by atoms with Crippen molar-refractivity contribution in [3.05, 3.63) is 24.5 Å². The second-order valence-corrected chi connectivity index (χ2v) is 1.87. The molecular formula is C8H15NO2. The Morgan fingerprint density at radius 2 is 1.45 bits per heavy atom. The number of rotatable bonds is 3. The van der Waals surface area contributed by atoms with E-state index in [1.165, 1.54) is 0 Å². The van der Waals surface area contributed by atoms with Gasteiger partial charge in [-0.15, -0.1) is 0 Å². The summed E-state index contributed by atoms with van der Waals surface area (Å²) >= 11 is 0. The second kappa shape index (κ2) is 9.20. The Kier molecular flexibility index (Phi) is 8.53. The van der Waals surface area contributed by atoms with Gasteiger partial charge in [-0.05, 0) is 12.1 Å². The van der Waals surface area contributed by atoms with Gasteiger partial charge in [0.2, 0.25) is 0 Å². The van der Waals surface area contributed by atoms with Gasteiger partial charge in [0.1, 0.15) is 0 Å². The van der Waals surface area contributed by atoms with Crippen LogP contribution in [0.4, 0.5) is 0 Å². The van der Waals surface area contributed by atoms with E-state index in [-0.39, 0.29) is 0 Å². The molecule has 1 aromatic heterocycles. The van der Waals surface area contributed by atoms with Gasteiger partial charge in [-0.2, -0.15) is 0 Å². The van der Waals surface area contributed by atoms with Crippen molar-refractivity contribution in [2.75, 3.05) is 27.4 Å². The second-order valence-electron chi connectivity index (χ2n) is 1.87. The molecule has 1 rings (SSSR count). The molecule has 0 saturated heterocycles. The summed E-state index contributed by atoms with van der Waals surface area (Å²) in [6, 6.07) is 3.89. The van der Waals surface area contributed by atoms with Crippen LogP contribution in [0.1, 0.15) is 0 Å². The molecule has 0 fully saturated rings. The average Bonchev–Trinajstić information content (AvgIpc) is 2.57. The molecule has 0 radical (unpaired) electrons. The van der Waals surface area contributed by atoms with E-state index in [0.717, 1.165) is 0 Å². The highest BCUT2D eigenvalue weighted by Crippen LogP contribution is 1.72. The highest BCUT2D eigenvalue weighted by Gasteiger charge is 1.73. The van der Waals surface area contributed by atoms with E-state index in [1.54, 1.807) is 14.2 Å². The molecule has 11 heavy (non-hydrogen) atoms. The van der Waals surface area contributed by atoms with Crippen LogP contribution in [-0.2, 0) is 9.47 Å². The smallest absolute Gasteiger partial charge is 0.0696 e. The molecule has 0 aliphatic rings. The summed E-state index contributed by atoms with van der Waals surface area (Å²) in [6.07, 6.45) is 3.75. The highest BCUT2D eigenvalue weighted by atomic mass is 16.5. The number of ether oxygens (including phenoxy) is 2. The van der Waals surface area contributed by atoms with Crippen molar-refractivity contribution in [2.45, 2.75) is 0 Å². The largest absolute Gasteiger partial charge is 0.382 e. The summed E-state index contributed by atoms with van der Waals surface area (Å²) in [7, 11) is 3.30. The first-order valence-corrected chi connectivity index (χ1v) is 3.47. The fourth-order valence-electron chi connectivity index (χ4n) is 0.444. The zero-order valence-electron chi connectivity index (χ0n) is 7.04. The molecule has 0 bridgehead atoms. The lowest BCUT2D eigenvalue weighted by Crippen LogP contribution is -1.96. The van der Waals surface area contributed by atoms with Crippen molar-refractivity contribution < 1.29 is 9.47 Å². The van der Waals surface area contributed by atoms with Gasteiger partial charge in [0.05, 0.1) is 13.2 Å². The van der Waals surface area contributed by atoms with Gasteiger partial charge < -0.3 is 14.5 Å². The number of hydrogen-bond acceptors (Lipinski definition) is 2. The zero-order chi connectivity index (χ0) is 8.36. The summed E-state index contributed by atoms with van der Waals surface area (Å²) in [5.74, 6) is 0. The molecule has 0 spiro atoms. The number of methoxy groups -OCH3 is 2. The molecule has 0 aromatic carbocycles. The first-order valence-electron chi connectivity index (χ1n) is 3.47. The minimum Gasteiger partial charge on any atom is -0.382 e. The van der Waals surface area contributed by atoms with Gasteiger partial charge >= 0.3 is 0 Å². The van der Waals surface area contributed by atoms with Gasteiger partial charge in [-0.25, -0.2) is 0 Å².